The molecule has 6 rings (SSSR count). The zero-order valence-electron chi connectivity index (χ0n) is 19.9. The van der Waals surface area contributed by atoms with E-state index in [1.807, 2.05) is 42.5 Å². The van der Waals surface area contributed by atoms with Gasteiger partial charge in [-0.2, -0.15) is 0 Å². The monoisotopic (exact) mass is 465 g/mol. The van der Waals surface area contributed by atoms with Gasteiger partial charge in [0, 0.05) is 36.8 Å². The van der Waals surface area contributed by atoms with Crippen LogP contribution >= 0.6 is 0 Å². The molecule has 3 heterocycles. The molecule has 0 N–H and O–H groups in total. The highest BCUT2D eigenvalue weighted by Crippen LogP contribution is 2.44. The lowest BCUT2D eigenvalue weighted by Crippen LogP contribution is -2.56. The zero-order valence-corrected chi connectivity index (χ0v) is 19.9. The Morgan fingerprint density at radius 3 is 2.46 bits per heavy atom. The van der Waals surface area contributed by atoms with E-state index in [0.717, 1.165) is 33.5 Å². The molecule has 4 aromatic rings. The Balaban J connectivity index is 1.51. The Labute approximate surface area is 204 Å². The van der Waals surface area contributed by atoms with E-state index >= 15 is 0 Å². The van der Waals surface area contributed by atoms with Gasteiger partial charge >= 0.3 is 6.03 Å². The van der Waals surface area contributed by atoms with Gasteiger partial charge in [0.25, 0.3) is 0 Å². The van der Waals surface area contributed by atoms with Crippen molar-refractivity contribution in [3.05, 3.63) is 101 Å². The summed E-state index contributed by atoms with van der Waals surface area (Å²) in [6, 6.07) is 24.4. The molecule has 3 aromatic carbocycles. The van der Waals surface area contributed by atoms with Crippen molar-refractivity contribution in [1.82, 2.24) is 14.4 Å². The topological polar surface area (TPSA) is 54.8 Å². The first kappa shape index (κ1) is 21.5. The number of urea groups is 1. The van der Waals surface area contributed by atoms with Gasteiger partial charge in [-0.05, 0) is 30.2 Å². The molecule has 2 aliphatic rings. The number of ether oxygens (including phenoxy) is 1. The third kappa shape index (κ3) is 3.57. The van der Waals surface area contributed by atoms with Crippen LogP contribution < -0.4 is 4.74 Å². The number of fused-ring (bicyclic) bond motifs is 6. The molecule has 2 bridgehead atoms. The van der Waals surface area contributed by atoms with E-state index < -0.39 is 5.92 Å². The molecule has 6 heteroatoms. The Bertz CT molecular complexity index is 1440. The molecule has 1 aromatic heterocycles. The van der Waals surface area contributed by atoms with Crippen LogP contribution in [0.15, 0.2) is 72.8 Å². The van der Waals surface area contributed by atoms with Crippen LogP contribution in [-0.2, 0) is 24.5 Å². The lowest BCUT2D eigenvalue weighted by molar-refractivity contribution is -0.132. The minimum Gasteiger partial charge on any atom is -0.488 e. The summed E-state index contributed by atoms with van der Waals surface area (Å²) in [5.41, 5.74) is 6.51. The fourth-order valence-corrected chi connectivity index (χ4v) is 5.35. The van der Waals surface area contributed by atoms with Crippen LogP contribution in [0.25, 0.3) is 10.9 Å². The van der Waals surface area contributed by atoms with E-state index in [9.17, 15) is 9.59 Å². The number of hydrogen-bond acceptors (Lipinski definition) is 3. The molecule has 1 atom stereocenters. The van der Waals surface area contributed by atoms with E-state index in [1.165, 1.54) is 16.0 Å². The SMILES string of the molecule is Cc1ccc(Cn2c3c(c4c(OCc5ccccc5)cccc42)C2CN(C3)C(=O)N(C)C2=O)cc1. The number of nitrogens with zero attached hydrogens (tertiary/aromatic N) is 3. The largest absolute Gasteiger partial charge is 0.488 e. The van der Waals surface area contributed by atoms with E-state index in [-0.39, 0.29) is 11.9 Å². The van der Waals surface area contributed by atoms with Gasteiger partial charge in [-0.25, -0.2) is 4.79 Å². The number of amides is 3. The van der Waals surface area contributed by atoms with E-state index in [0.29, 0.717) is 26.2 Å². The van der Waals surface area contributed by atoms with Crippen molar-refractivity contribution in [2.24, 2.45) is 0 Å². The molecule has 176 valence electrons. The fraction of sp³-hybridized carbons (Fsp3) is 0.241. The number of carbonyl (C=O) groups is 2. The third-order valence-electron chi connectivity index (χ3n) is 7.18. The van der Waals surface area contributed by atoms with Crippen molar-refractivity contribution in [2.45, 2.75) is 32.5 Å². The number of carbonyl (C=O) groups excluding carboxylic acids is 2. The van der Waals surface area contributed by atoms with Gasteiger partial charge in [0.2, 0.25) is 5.91 Å². The van der Waals surface area contributed by atoms with Crippen LogP contribution in [0.3, 0.4) is 0 Å². The van der Waals surface area contributed by atoms with Crippen molar-refractivity contribution < 1.29 is 14.3 Å². The maximum atomic E-state index is 13.3. The van der Waals surface area contributed by atoms with Crippen LogP contribution in [-0.4, -0.2) is 39.9 Å². The molecule has 0 saturated carbocycles. The number of imide groups is 1. The molecule has 1 saturated heterocycles. The molecular formula is C29H27N3O3. The molecule has 0 aliphatic carbocycles. The van der Waals surface area contributed by atoms with Crippen LogP contribution in [0, 0.1) is 6.92 Å². The smallest absolute Gasteiger partial charge is 0.326 e. The van der Waals surface area contributed by atoms with Crippen molar-refractivity contribution in [2.75, 3.05) is 13.6 Å². The third-order valence-corrected chi connectivity index (χ3v) is 7.18. The minimum atomic E-state index is -0.398. The van der Waals surface area contributed by atoms with E-state index in [1.54, 1.807) is 11.9 Å². The Kier molecular flexibility index (Phi) is 5.10. The van der Waals surface area contributed by atoms with Crippen LogP contribution in [0.2, 0.25) is 0 Å². The van der Waals surface area contributed by atoms with Gasteiger partial charge in [0.05, 0.1) is 18.0 Å². The molecule has 0 spiro atoms. The number of benzene rings is 3. The first-order valence-electron chi connectivity index (χ1n) is 11.9. The molecule has 1 unspecified atom stereocenters. The molecule has 1 fully saturated rings. The Morgan fingerprint density at radius 2 is 1.69 bits per heavy atom. The second kappa shape index (κ2) is 8.31. The summed E-state index contributed by atoms with van der Waals surface area (Å²) >= 11 is 0. The lowest BCUT2D eigenvalue weighted by atomic mass is 9.89. The fourth-order valence-electron chi connectivity index (χ4n) is 5.35. The van der Waals surface area contributed by atoms with Gasteiger partial charge in [-0.1, -0.05) is 66.2 Å². The summed E-state index contributed by atoms with van der Waals surface area (Å²) in [4.78, 5) is 29.1. The van der Waals surface area contributed by atoms with E-state index in [4.69, 9.17) is 4.74 Å². The summed E-state index contributed by atoms with van der Waals surface area (Å²) in [6.45, 7) is 4.07. The van der Waals surface area contributed by atoms with Crippen LogP contribution in [0.4, 0.5) is 4.79 Å². The summed E-state index contributed by atoms with van der Waals surface area (Å²) in [5.74, 6) is 0.218. The summed E-state index contributed by atoms with van der Waals surface area (Å²) in [7, 11) is 1.58. The molecule has 35 heavy (non-hydrogen) atoms. The standard InChI is InChI=1S/C29H27N3O3/c1-19-11-13-20(14-12-19)15-32-23-9-6-10-25(35-18-21-7-4-3-5-8-21)27(23)26-22-16-31(17-24(26)32)29(34)30(2)28(22)33/h3-14,22H,15-18H2,1-2H3. The first-order chi connectivity index (χ1) is 17.0. The highest BCUT2D eigenvalue weighted by atomic mass is 16.5. The second-order valence-electron chi connectivity index (χ2n) is 9.47. The average molecular weight is 466 g/mol. The van der Waals surface area contributed by atoms with Gasteiger partial charge in [0.1, 0.15) is 12.4 Å². The van der Waals surface area contributed by atoms with Crippen molar-refractivity contribution in [3.63, 3.8) is 0 Å². The van der Waals surface area contributed by atoms with Crippen molar-refractivity contribution in [3.8, 4) is 5.75 Å². The molecule has 3 amide bonds. The number of rotatable bonds is 5. The highest BCUT2D eigenvalue weighted by Gasteiger charge is 2.45. The summed E-state index contributed by atoms with van der Waals surface area (Å²) in [6.07, 6.45) is 0. The number of aryl methyl sites for hydroxylation is 1. The lowest BCUT2D eigenvalue weighted by Gasteiger charge is -2.41. The molecular weight excluding hydrogens is 438 g/mol. The highest BCUT2D eigenvalue weighted by molar-refractivity contribution is 6.05. The number of likely N-dealkylation sites (N-methyl/N-ethyl adjacent to an activating group) is 1. The van der Waals surface area contributed by atoms with Gasteiger partial charge < -0.3 is 14.2 Å². The van der Waals surface area contributed by atoms with Gasteiger partial charge in [-0.3, -0.25) is 9.69 Å². The van der Waals surface area contributed by atoms with Crippen LogP contribution in [0.1, 0.15) is 33.9 Å². The maximum absolute atomic E-state index is 13.3. The van der Waals surface area contributed by atoms with Crippen LogP contribution in [0.5, 0.6) is 5.75 Å². The van der Waals surface area contributed by atoms with Crippen molar-refractivity contribution in [1.29, 1.82) is 0 Å². The maximum Gasteiger partial charge on any atom is 0.326 e. The first-order valence-corrected chi connectivity index (χ1v) is 11.9. The van der Waals surface area contributed by atoms with Gasteiger partial charge in [0.15, 0.2) is 0 Å². The molecule has 0 radical (unpaired) electrons. The normalized spacial score (nSPS) is 17.1. The summed E-state index contributed by atoms with van der Waals surface area (Å²) in [5, 5.41) is 0.978. The molecule has 2 aliphatic heterocycles. The quantitative estimate of drug-likeness (QED) is 0.414. The Hall–Kier alpha value is -4.06. The van der Waals surface area contributed by atoms with Crippen molar-refractivity contribution >= 4 is 22.8 Å². The minimum absolute atomic E-state index is 0.153. The van der Waals surface area contributed by atoms with E-state index in [2.05, 4.69) is 41.8 Å². The predicted molar refractivity (Wildman–Crippen MR) is 134 cm³/mol. The van der Waals surface area contributed by atoms with Gasteiger partial charge in [-0.15, -0.1) is 0 Å². The number of hydrogen-bond donors (Lipinski definition) is 0. The summed E-state index contributed by atoms with van der Waals surface area (Å²) < 4.78 is 8.61. The zero-order chi connectivity index (χ0) is 24.1. The number of aromatic nitrogens is 1. The predicted octanol–water partition coefficient (Wildman–Crippen LogP) is 5.07. The Morgan fingerprint density at radius 1 is 0.914 bits per heavy atom. The average Bonchev–Trinajstić information content (AvgIpc) is 3.20. The second-order valence-corrected chi connectivity index (χ2v) is 9.47. The molecule has 6 nitrogen and oxygen atoms in total.